The van der Waals surface area contributed by atoms with E-state index in [1.54, 1.807) is 6.92 Å². The zero-order valence-corrected chi connectivity index (χ0v) is 13.8. The number of hydrogen-bond donors (Lipinski definition) is 1. The summed E-state index contributed by atoms with van der Waals surface area (Å²) in [6.45, 7) is 4.67. The molecule has 2 atom stereocenters. The number of nitrogens with zero attached hydrogens (tertiary/aromatic N) is 2. The van der Waals surface area contributed by atoms with E-state index in [-0.39, 0.29) is 30.6 Å². The van der Waals surface area contributed by atoms with Gasteiger partial charge in [-0.25, -0.2) is 0 Å². The molecule has 1 spiro atoms. The van der Waals surface area contributed by atoms with Gasteiger partial charge in [-0.05, 0) is 33.1 Å². The largest absolute Gasteiger partial charge is 0.378 e. The van der Waals surface area contributed by atoms with Crippen LogP contribution in [0.4, 0.5) is 0 Å². The SMILES string of the molecule is CCO[C@H]1C[C@@H](NC(=O)COCc2nc(C)no2)C12CCCC2. The van der Waals surface area contributed by atoms with E-state index >= 15 is 0 Å². The lowest BCUT2D eigenvalue weighted by Gasteiger charge is -2.54. The number of nitrogens with one attached hydrogen (secondary N) is 1. The minimum atomic E-state index is -0.0903. The van der Waals surface area contributed by atoms with Gasteiger partial charge in [0.1, 0.15) is 13.2 Å². The van der Waals surface area contributed by atoms with Gasteiger partial charge in [0.05, 0.1) is 6.10 Å². The highest BCUT2D eigenvalue weighted by Gasteiger charge is 2.57. The van der Waals surface area contributed by atoms with Crippen LogP contribution in [-0.4, -0.2) is 41.4 Å². The van der Waals surface area contributed by atoms with E-state index in [2.05, 4.69) is 15.5 Å². The molecule has 0 bridgehead atoms. The van der Waals surface area contributed by atoms with Crippen molar-refractivity contribution in [2.75, 3.05) is 13.2 Å². The fourth-order valence-electron chi connectivity index (χ4n) is 3.95. The number of aromatic nitrogens is 2. The van der Waals surface area contributed by atoms with Crippen LogP contribution in [0.3, 0.4) is 0 Å². The summed E-state index contributed by atoms with van der Waals surface area (Å²) in [5, 5.41) is 6.80. The summed E-state index contributed by atoms with van der Waals surface area (Å²) in [5.41, 5.74) is 0.148. The van der Waals surface area contributed by atoms with E-state index in [9.17, 15) is 4.79 Å². The predicted octanol–water partition coefficient (Wildman–Crippen LogP) is 1.75. The van der Waals surface area contributed by atoms with E-state index in [0.717, 1.165) is 25.9 Å². The molecule has 0 saturated heterocycles. The summed E-state index contributed by atoms with van der Waals surface area (Å²) >= 11 is 0. The molecule has 2 aliphatic rings. The summed E-state index contributed by atoms with van der Waals surface area (Å²) in [4.78, 5) is 16.1. The van der Waals surface area contributed by atoms with Gasteiger partial charge in [-0.2, -0.15) is 4.98 Å². The number of hydrogen-bond acceptors (Lipinski definition) is 6. The van der Waals surface area contributed by atoms with Gasteiger partial charge in [0.25, 0.3) is 5.89 Å². The average Bonchev–Trinajstić information content (AvgIpc) is 3.17. The third kappa shape index (κ3) is 3.40. The molecule has 0 aromatic carbocycles. The quantitative estimate of drug-likeness (QED) is 0.822. The minimum Gasteiger partial charge on any atom is -0.378 e. The Bertz CT molecular complexity index is 539. The van der Waals surface area contributed by atoms with Crippen LogP contribution in [0.15, 0.2) is 4.52 Å². The van der Waals surface area contributed by atoms with E-state index in [1.165, 1.54) is 12.8 Å². The monoisotopic (exact) mass is 323 g/mol. The van der Waals surface area contributed by atoms with Crippen LogP contribution >= 0.6 is 0 Å². The normalized spacial score (nSPS) is 25.5. The van der Waals surface area contributed by atoms with Crippen molar-refractivity contribution in [3.8, 4) is 0 Å². The van der Waals surface area contributed by atoms with Gasteiger partial charge in [-0.15, -0.1) is 0 Å². The molecular formula is C16H25N3O4. The van der Waals surface area contributed by atoms with Gasteiger partial charge in [0.15, 0.2) is 5.82 Å². The zero-order chi connectivity index (χ0) is 16.3. The molecule has 1 heterocycles. The van der Waals surface area contributed by atoms with Crippen molar-refractivity contribution in [2.24, 2.45) is 5.41 Å². The van der Waals surface area contributed by atoms with Gasteiger partial charge in [-0.3, -0.25) is 4.79 Å². The molecule has 2 saturated carbocycles. The Hall–Kier alpha value is -1.47. The number of carbonyl (C=O) groups excluding carboxylic acids is 1. The molecule has 1 aromatic rings. The van der Waals surface area contributed by atoms with E-state index < -0.39 is 0 Å². The van der Waals surface area contributed by atoms with Crippen LogP contribution in [0.25, 0.3) is 0 Å². The Kier molecular flexibility index (Phi) is 4.96. The zero-order valence-electron chi connectivity index (χ0n) is 13.8. The summed E-state index contributed by atoms with van der Waals surface area (Å²) < 4.78 is 16.2. The molecule has 7 nitrogen and oxygen atoms in total. The lowest BCUT2D eigenvalue weighted by atomic mass is 9.60. The Labute approximate surface area is 136 Å². The van der Waals surface area contributed by atoms with Crippen molar-refractivity contribution in [1.29, 1.82) is 0 Å². The third-order valence-corrected chi connectivity index (χ3v) is 5.05. The van der Waals surface area contributed by atoms with E-state index in [4.69, 9.17) is 14.0 Å². The first-order valence-electron chi connectivity index (χ1n) is 8.42. The van der Waals surface area contributed by atoms with Crippen molar-refractivity contribution in [3.63, 3.8) is 0 Å². The van der Waals surface area contributed by atoms with Crippen LogP contribution in [0.2, 0.25) is 0 Å². The molecule has 1 N–H and O–H groups in total. The minimum absolute atomic E-state index is 0.00725. The van der Waals surface area contributed by atoms with E-state index in [1.807, 2.05) is 6.92 Å². The molecule has 1 aromatic heterocycles. The van der Waals surface area contributed by atoms with Gasteiger partial charge >= 0.3 is 0 Å². The Morgan fingerprint density at radius 2 is 2.22 bits per heavy atom. The van der Waals surface area contributed by atoms with E-state index in [0.29, 0.717) is 17.8 Å². The molecular weight excluding hydrogens is 298 g/mol. The molecule has 23 heavy (non-hydrogen) atoms. The van der Waals surface area contributed by atoms with Crippen LogP contribution in [0.5, 0.6) is 0 Å². The highest BCUT2D eigenvalue weighted by atomic mass is 16.5. The number of ether oxygens (including phenoxy) is 2. The molecule has 2 fully saturated rings. The Balaban J connectivity index is 1.44. The molecule has 0 aliphatic heterocycles. The predicted molar refractivity (Wildman–Crippen MR) is 81.6 cm³/mol. The Morgan fingerprint density at radius 1 is 1.43 bits per heavy atom. The lowest BCUT2D eigenvalue weighted by molar-refractivity contribution is -0.147. The maximum atomic E-state index is 12.1. The van der Waals surface area contributed by atoms with Crippen molar-refractivity contribution in [1.82, 2.24) is 15.5 Å². The van der Waals surface area contributed by atoms with Crippen LogP contribution in [0.1, 0.15) is 50.7 Å². The first kappa shape index (κ1) is 16.4. The fraction of sp³-hybridized carbons (Fsp3) is 0.812. The van der Waals surface area contributed by atoms with Gasteiger partial charge < -0.3 is 19.3 Å². The van der Waals surface area contributed by atoms with Crippen LogP contribution in [0, 0.1) is 12.3 Å². The lowest BCUT2D eigenvalue weighted by Crippen LogP contribution is -2.64. The summed E-state index contributed by atoms with van der Waals surface area (Å²) in [6.07, 6.45) is 5.94. The highest BCUT2D eigenvalue weighted by Crippen LogP contribution is 2.54. The first-order valence-corrected chi connectivity index (χ1v) is 8.42. The maximum absolute atomic E-state index is 12.1. The second-order valence-corrected chi connectivity index (χ2v) is 6.47. The van der Waals surface area contributed by atoms with Crippen LogP contribution < -0.4 is 5.32 Å². The fourth-order valence-corrected chi connectivity index (χ4v) is 3.95. The van der Waals surface area contributed by atoms with Crippen molar-refractivity contribution in [2.45, 2.75) is 64.7 Å². The molecule has 3 rings (SSSR count). The van der Waals surface area contributed by atoms with Crippen LogP contribution in [-0.2, 0) is 20.9 Å². The molecule has 2 aliphatic carbocycles. The summed E-state index contributed by atoms with van der Waals surface area (Å²) in [7, 11) is 0. The topological polar surface area (TPSA) is 86.5 Å². The van der Waals surface area contributed by atoms with Gasteiger partial charge in [-0.1, -0.05) is 18.0 Å². The smallest absolute Gasteiger partial charge is 0.252 e. The average molecular weight is 323 g/mol. The summed E-state index contributed by atoms with van der Waals surface area (Å²) in [6, 6.07) is 0.211. The third-order valence-electron chi connectivity index (χ3n) is 5.05. The van der Waals surface area contributed by atoms with Crippen molar-refractivity contribution < 1.29 is 18.8 Å². The molecule has 0 unspecified atom stereocenters. The summed E-state index contributed by atoms with van der Waals surface area (Å²) in [5.74, 6) is 0.864. The molecule has 1 amide bonds. The number of aryl methyl sites for hydroxylation is 1. The van der Waals surface area contributed by atoms with Crippen molar-refractivity contribution >= 4 is 5.91 Å². The maximum Gasteiger partial charge on any atom is 0.252 e. The Morgan fingerprint density at radius 3 is 2.87 bits per heavy atom. The molecule has 0 radical (unpaired) electrons. The number of carbonyl (C=O) groups is 1. The van der Waals surface area contributed by atoms with Gasteiger partial charge in [0.2, 0.25) is 5.91 Å². The molecule has 128 valence electrons. The number of rotatable bonds is 7. The number of amides is 1. The standard InChI is InChI=1S/C16H25N3O4/c1-3-22-13-8-12(16(13)6-4-5-7-16)18-14(20)9-21-10-15-17-11(2)19-23-15/h12-13H,3-10H2,1-2H3,(H,18,20)/t12-,13+/m1/s1. The molecule has 7 heteroatoms. The second kappa shape index (κ2) is 6.97. The van der Waals surface area contributed by atoms with Gasteiger partial charge in [0, 0.05) is 18.1 Å². The second-order valence-electron chi connectivity index (χ2n) is 6.47. The first-order chi connectivity index (χ1) is 11.1. The highest BCUT2D eigenvalue weighted by molar-refractivity contribution is 5.77. The van der Waals surface area contributed by atoms with Crippen molar-refractivity contribution in [3.05, 3.63) is 11.7 Å².